The number of methoxy groups -OCH3 is 1. The van der Waals surface area contributed by atoms with Crippen LogP contribution in [0.25, 0.3) is 0 Å². The fraction of sp³-hybridized carbons (Fsp3) is 0.389. The zero-order valence-corrected chi connectivity index (χ0v) is 14.3. The monoisotopic (exact) mass is 357 g/mol. The number of para-hydroxylation sites is 1. The fourth-order valence-corrected chi connectivity index (χ4v) is 3.47. The SMILES string of the molecule is COc1cc(C(=O)N2CC3CC(C(=O)Nc4ccccc4)C(C2)O3)on1. The number of ether oxygens (including phenoxy) is 2. The van der Waals surface area contributed by atoms with Crippen LogP contribution in [0.15, 0.2) is 40.9 Å². The lowest BCUT2D eigenvalue weighted by Crippen LogP contribution is -2.47. The maximum atomic E-state index is 12.6. The number of rotatable bonds is 4. The Hall–Kier alpha value is -2.87. The topological polar surface area (TPSA) is 93.9 Å². The van der Waals surface area contributed by atoms with Gasteiger partial charge in [0.2, 0.25) is 11.7 Å². The van der Waals surface area contributed by atoms with Gasteiger partial charge >= 0.3 is 0 Å². The summed E-state index contributed by atoms with van der Waals surface area (Å²) in [7, 11) is 1.46. The van der Waals surface area contributed by atoms with Gasteiger partial charge in [0.25, 0.3) is 11.8 Å². The number of hydrogen-bond acceptors (Lipinski definition) is 6. The normalized spacial score (nSPS) is 24.3. The van der Waals surface area contributed by atoms with Crippen LogP contribution in [0.5, 0.6) is 5.88 Å². The van der Waals surface area contributed by atoms with Gasteiger partial charge in [0, 0.05) is 18.8 Å². The van der Waals surface area contributed by atoms with Crippen molar-refractivity contribution in [1.82, 2.24) is 10.1 Å². The number of hydrogen-bond donors (Lipinski definition) is 1. The van der Waals surface area contributed by atoms with Gasteiger partial charge in [-0.1, -0.05) is 18.2 Å². The van der Waals surface area contributed by atoms with E-state index >= 15 is 0 Å². The number of anilines is 1. The molecular weight excluding hydrogens is 338 g/mol. The molecular formula is C18H19N3O5. The summed E-state index contributed by atoms with van der Waals surface area (Å²) in [5, 5.41) is 6.57. The van der Waals surface area contributed by atoms with Crippen molar-refractivity contribution in [1.29, 1.82) is 0 Å². The third-order valence-electron chi connectivity index (χ3n) is 4.73. The van der Waals surface area contributed by atoms with Gasteiger partial charge in [0.15, 0.2) is 0 Å². The minimum atomic E-state index is -0.328. The van der Waals surface area contributed by atoms with Crippen molar-refractivity contribution >= 4 is 17.5 Å². The van der Waals surface area contributed by atoms with Crippen LogP contribution >= 0.6 is 0 Å². The van der Waals surface area contributed by atoms with Crippen molar-refractivity contribution in [2.75, 3.05) is 25.5 Å². The number of fused-ring (bicyclic) bond motifs is 2. The van der Waals surface area contributed by atoms with Crippen LogP contribution in [0.3, 0.4) is 0 Å². The first-order valence-electron chi connectivity index (χ1n) is 8.45. The standard InChI is InChI=1S/C18H19N3O5/c1-24-16-8-14(26-20-16)18(23)21-9-12-7-13(15(10-21)25-12)17(22)19-11-5-3-2-4-6-11/h2-6,8,12-13,15H,7,9-10H2,1H3,(H,19,22). The second-order valence-corrected chi connectivity index (χ2v) is 6.44. The highest BCUT2D eigenvalue weighted by Gasteiger charge is 2.46. The average Bonchev–Trinajstić information content (AvgIpc) is 3.26. The summed E-state index contributed by atoms with van der Waals surface area (Å²) in [5.41, 5.74) is 0.751. The molecule has 0 radical (unpaired) electrons. The van der Waals surface area contributed by atoms with E-state index in [1.807, 2.05) is 30.3 Å². The van der Waals surface area contributed by atoms with Gasteiger partial charge in [-0.2, -0.15) is 0 Å². The van der Waals surface area contributed by atoms with E-state index in [1.54, 1.807) is 4.90 Å². The highest BCUT2D eigenvalue weighted by molar-refractivity contribution is 5.94. The lowest BCUT2D eigenvalue weighted by atomic mass is 9.99. The van der Waals surface area contributed by atoms with Crippen molar-refractivity contribution < 1.29 is 23.6 Å². The molecule has 2 aliphatic rings. The second kappa shape index (κ2) is 6.80. The molecule has 2 aromatic rings. The zero-order chi connectivity index (χ0) is 18.1. The van der Waals surface area contributed by atoms with E-state index in [-0.39, 0.29) is 41.6 Å². The Morgan fingerprint density at radius 1 is 1.27 bits per heavy atom. The molecule has 8 heteroatoms. The summed E-state index contributed by atoms with van der Waals surface area (Å²) in [4.78, 5) is 26.8. The number of morpholine rings is 1. The van der Waals surface area contributed by atoms with Gasteiger partial charge in [-0.15, -0.1) is 0 Å². The van der Waals surface area contributed by atoms with Crippen LogP contribution in [0.1, 0.15) is 17.0 Å². The molecule has 2 saturated heterocycles. The smallest absolute Gasteiger partial charge is 0.292 e. The Balaban J connectivity index is 1.42. The molecule has 0 saturated carbocycles. The number of likely N-dealkylation sites (tertiary alicyclic amines) is 1. The van der Waals surface area contributed by atoms with Crippen molar-refractivity contribution in [2.24, 2.45) is 5.92 Å². The summed E-state index contributed by atoms with van der Waals surface area (Å²) in [6, 6.07) is 10.8. The number of amides is 2. The zero-order valence-electron chi connectivity index (χ0n) is 14.3. The molecule has 26 heavy (non-hydrogen) atoms. The molecule has 3 unspecified atom stereocenters. The molecule has 2 amide bonds. The van der Waals surface area contributed by atoms with E-state index in [9.17, 15) is 9.59 Å². The highest BCUT2D eigenvalue weighted by atomic mass is 16.5. The summed E-state index contributed by atoms with van der Waals surface area (Å²) < 4.78 is 15.9. The number of aromatic nitrogens is 1. The van der Waals surface area contributed by atoms with Crippen LogP contribution < -0.4 is 10.1 Å². The Bertz CT molecular complexity index is 806. The Kier molecular flexibility index (Phi) is 4.34. The number of carbonyl (C=O) groups excluding carboxylic acids is 2. The van der Waals surface area contributed by atoms with E-state index in [1.165, 1.54) is 13.2 Å². The van der Waals surface area contributed by atoms with Gasteiger partial charge in [0.05, 0.1) is 31.3 Å². The Morgan fingerprint density at radius 3 is 2.81 bits per heavy atom. The maximum Gasteiger partial charge on any atom is 0.292 e. The van der Waals surface area contributed by atoms with E-state index in [0.29, 0.717) is 19.5 Å². The van der Waals surface area contributed by atoms with Crippen molar-refractivity contribution in [3.63, 3.8) is 0 Å². The minimum absolute atomic E-state index is 0.0840. The molecule has 2 aliphatic heterocycles. The molecule has 2 fully saturated rings. The van der Waals surface area contributed by atoms with Crippen LogP contribution in [0.4, 0.5) is 5.69 Å². The van der Waals surface area contributed by atoms with Gasteiger partial charge in [-0.3, -0.25) is 9.59 Å². The van der Waals surface area contributed by atoms with Crippen LogP contribution in [-0.2, 0) is 9.53 Å². The lowest BCUT2D eigenvalue weighted by Gasteiger charge is -2.32. The summed E-state index contributed by atoms with van der Waals surface area (Å²) in [5.74, 6) is -0.275. The van der Waals surface area contributed by atoms with Gasteiger partial charge < -0.3 is 24.2 Å². The van der Waals surface area contributed by atoms with Crippen LogP contribution in [0.2, 0.25) is 0 Å². The van der Waals surface area contributed by atoms with Crippen molar-refractivity contribution in [3.8, 4) is 5.88 Å². The molecule has 136 valence electrons. The largest absolute Gasteiger partial charge is 0.479 e. The number of nitrogens with one attached hydrogen (secondary N) is 1. The average molecular weight is 357 g/mol. The molecule has 0 spiro atoms. The molecule has 0 aliphatic carbocycles. The summed E-state index contributed by atoms with van der Waals surface area (Å²) in [6.45, 7) is 0.763. The van der Waals surface area contributed by atoms with E-state index in [2.05, 4.69) is 10.5 Å². The van der Waals surface area contributed by atoms with Crippen LogP contribution in [-0.4, -0.2) is 54.3 Å². The first-order valence-corrected chi connectivity index (χ1v) is 8.45. The van der Waals surface area contributed by atoms with Crippen LogP contribution in [0, 0.1) is 5.92 Å². The number of nitrogens with zero attached hydrogens (tertiary/aromatic N) is 2. The lowest BCUT2D eigenvalue weighted by molar-refractivity contribution is -0.122. The summed E-state index contributed by atoms with van der Waals surface area (Å²) >= 11 is 0. The quantitative estimate of drug-likeness (QED) is 0.892. The first kappa shape index (κ1) is 16.6. The molecule has 8 nitrogen and oxygen atoms in total. The third-order valence-corrected chi connectivity index (χ3v) is 4.73. The third kappa shape index (κ3) is 3.15. The first-order chi connectivity index (χ1) is 12.6. The molecule has 4 rings (SSSR count). The molecule has 3 heterocycles. The molecule has 1 aromatic carbocycles. The van der Waals surface area contributed by atoms with Crippen molar-refractivity contribution in [3.05, 3.63) is 42.2 Å². The second-order valence-electron chi connectivity index (χ2n) is 6.44. The predicted octanol–water partition coefficient (Wildman–Crippen LogP) is 1.55. The predicted molar refractivity (Wildman–Crippen MR) is 90.8 cm³/mol. The van der Waals surface area contributed by atoms with Gasteiger partial charge in [-0.25, -0.2) is 0 Å². The Labute approximate surface area is 150 Å². The molecule has 1 N–H and O–H groups in total. The van der Waals surface area contributed by atoms with E-state index in [0.717, 1.165) is 5.69 Å². The number of carbonyl (C=O) groups is 2. The van der Waals surface area contributed by atoms with E-state index < -0.39 is 0 Å². The molecule has 3 atom stereocenters. The molecule has 2 bridgehead atoms. The fourth-order valence-electron chi connectivity index (χ4n) is 3.47. The summed E-state index contributed by atoms with van der Waals surface area (Å²) in [6.07, 6.45) is 0.104. The Morgan fingerprint density at radius 2 is 2.08 bits per heavy atom. The van der Waals surface area contributed by atoms with E-state index in [4.69, 9.17) is 14.0 Å². The number of benzene rings is 1. The minimum Gasteiger partial charge on any atom is -0.479 e. The highest BCUT2D eigenvalue weighted by Crippen LogP contribution is 2.33. The van der Waals surface area contributed by atoms with Gasteiger partial charge in [-0.05, 0) is 23.7 Å². The molecule has 1 aromatic heterocycles. The maximum absolute atomic E-state index is 12.6. The van der Waals surface area contributed by atoms with Gasteiger partial charge in [0.1, 0.15) is 0 Å². The van der Waals surface area contributed by atoms with Crippen molar-refractivity contribution in [2.45, 2.75) is 18.6 Å².